The second kappa shape index (κ2) is 7.93. The smallest absolute Gasteiger partial charge is 0.261 e. The molecule has 130 valence electrons. The molecule has 0 fully saturated rings. The zero-order chi connectivity index (χ0) is 17.8. The number of hydrogen-bond acceptors (Lipinski definition) is 4. The normalized spacial score (nSPS) is 13.0. The molecule has 0 saturated heterocycles. The number of anilines is 1. The summed E-state index contributed by atoms with van der Waals surface area (Å²) in [7, 11) is 0. The van der Waals surface area contributed by atoms with E-state index in [1.54, 1.807) is 0 Å². The first-order valence-electron chi connectivity index (χ1n) is 7.90. The van der Waals surface area contributed by atoms with E-state index in [9.17, 15) is 14.7 Å². The van der Waals surface area contributed by atoms with Gasteiger partial charge in [0.15, 0.2) is 0 Å². The maximum absolute atomic E-state index is 12.2. The number of rotatable bonds is 6. The van der Waals surface area contributed by atoms with Gasteiger partial charge in [-0.2, -0.15) is 0 Å². The predicted molar refractivity (Wildman–Crippen MR) is 94.9 cm³/mol. The summed E-state index contributed by atoms with van der Waals surface area (Å²) in [4.78, 5) is 24.8. The van der Waals surface area contributed by atoms with Crippen LogP contribution in [0.4, 0.5) is 5.00 Å². The molecule has 0 aliphatic rings. The highest BCUT2D eigenvalue weighted by Crippen LogP contribution is 2.28. The Kier molecular flexibility index (Phi) is 6.77. The SMILES string of the molecule is Cc1cc(NC(=O)C(C)(C)C)sc1C(=O)NCCC(O)C(C)C. The summed E-state index contributed by atoms with van der Waals surface area (Å²) < 4.78 is 0. The Balaban J connectivity index is 2.64. The summed E-state index contributed by atoms with van der Waals surface area (Å²) >= 11 is 1.27. The standard InChI is InChI=1S/C17H28N2O3S/c1-10(2)12(20)7-8-18-15(21)14-11(3)9-13(23-14)19-16(22)17(4,5)6/h9-10,12,20H,7-8H2,1-6H3,(H,18,21)(H,19,22). The van der Waals surface area contributed by atoms with Gasteiger partial charge in [0.05, 0.1) is 16.0 Å². The van der Waals surface area contributed by atoms with Crippen LogP contribution in [0.15, 0.2) is 6.07 Å². The fraction of sp³-hybridized carbons (Fsp3) is 0.647. The average Bonchev–Trinajstić information content (AvgIpc) is 2.78. The molecule has 0 radical (unpaired) electrons. The van der Waals surface area contributed by atoms with Crippen molar-refractivity contribution in [1.29, 1.82) is 0 Å². The molecular weight excluding hydrogens is 312 g/mol. The summed E-state index contributed by atoms with van der Waals surface area (Å²) in [6, 6.07) is 1.81. The number of nitrogens with one attached hydrogen (secondary N) is 2. The Labute approximate surface area is 142 Å². The predicted octanol–water partition coefficient (Wildman–Crippen LogP) is 3.18. The van der Waals surface area contributed by atoms with Crippen LogP contribution < -0.4 is 10.6 Å². The molecule has 3 N–H and O–H groups in total. The van der Waals surface area contributed by atoms with Gasteiger partial charge in [0, 0.05) is 12.0 Å². The largest absolute Gasteiger partial charge is 0.393 e. The molecule has 0 aromatic carbocycles. The summed E-state index contributed by atoms with van der Waals surface area (Å²) in [6.07, 6.45) is 0.114. The second-order valence-electron chi connectivity index (χ2n) is 7.18. The maximum atomic E-state index is 12.2. The monoisotopic (exact) mass is 340 g/mol. The summed E-state index contributed by atoms with van der Waals surface area (Å²) in [6.45, 7) is 11.7. The number of carbonyl (C=O) groups is 2. The van der Waals surface area contributed by atoms with Crippen molar-refractivity contribution >= 4 is 28.2 Å². The molecular formula is C17H28N2O3S. The lowest BCUT2D eigenvalue weighted by atomic mass is 9.96. The van der Waals surface area contributed by atoms with Crippen molar-refractivity contribution in [2.24, 2.45) is 11.3 Å². The lowest BCUT2D eigenvalue weighted by molar-refractivity contribution is -0.123. The number of aryl methyl sites for hydroxylation is 1. The van der Waals surface area contributed by atoms with Crippen LogP contribution in [-0.4, -0.2) is 29.6 Å². The van der Waals surface area contributed by atoms with E-state index in [4.69, 9.17) is 0 Å². The molecule has 0 spiro atoms. The van der Waals surface area contributed by atoms with Crippen LogP contribution in [0.5, 0.6) is 0 Å². The Morgan fingerprint density at radius 2 is 1.91 bits per heavy atom. The van der Waals surface area contributed by atoms with Crippen molar-refractivity contribution < 1.29 is 14.7 Å². The molecule has 0 aliphatic carbocycles. The third-order valence-corrected chi connectivity index (χ3v) is 4.69. The number of thiophene rings is 1. The summed E-state index contributed by atoms with van der Waals surface area (Å²) in [5.41, 5.74) is 0.356. The van der Waals surface area contributed by atoms with Gasteiger partial charge in [0.2, 0.25) is 5.91 Å². The quantitative estimate of drug-likeness (QED) is 0.744. The first kappa shape index (κ1) is 19.6. The summed E-state index contributed by atoms with van der Waals surface area (Å²) in [5, 5.41) is 16.1. The van der Waals surface area contributed by atoms with E-state index in [-0.39, 0.29) is 17.7 Å². The van der Waals surface area contributed by atoms with Gasteiger partial charge in [0.1, 0.15) is 0 Å². The molecule has 1 aromatic heterocycles. The van der Waals surface area contributed by atoms with Crippen LogP contribution in [0.1, 0.15) is 56.3 Å². The van der Waals surface area contributed by atoms with Gasteiger partial charge in [-0.05, 0) is 30.9 Å². The molecule has 6 heteroatoms. The maximum Gasteiger partial charge on any atom is 0.261 e. The molecule has 0 saturated carbocycles. The molecule has 1 heterocycles. The zero-order valence-electron chi connectivity index (χ0n) is 14.8. The van der Waals surface area contributed by atoms with Crippen molar-refractivity contribution in [2.45, 2.75) is 54.1 Å². The lowest BCUT2D eigenvalue weighted by Gasteiger charge is -2.16. The zero-order valence-corrected chi connectivity index (χ0v) is 15.6. The number of amides is 2. The van der Waals surface area contributed by atoms with Crippen molar-refractivity contribution in [3.8, 4) is 0 Å². The van der Waals surface area contributed by atoms with Gasteiger partial charge in [-0.15, -0.1) is 11.3 Å². The van der Waals surface area contributed by atoms with Crippen LogP contribution in [0, 0.1) is 18.3 Å². The third kappa shape index (κ3) is 5.95. The third-order valence-electron chi connectivity index (χ3n) is 3.54. The van der Waals surface area contributed by atoms with E-state index >= 15 is 0 Å². The first-order chi connectivity index (χ1) is 10.5. The number of carbonyl (C=O) groups excluding carboxylic acids is 2. The van der Waals surface area contributed by atoms with Crippen LogP contribution in [-0.2, 0) is 4.79 Å². The van der Waals surface area contributed by atoms with Crippen molar-refractivity contribution in [3.05, 3.63) is 16.5 Å². The second-order valence-corrected chi connectivity index (χ2v) is 8.24. The van der Waals surface area contributed by atoms with Gasteiger partial charge in [-0.1, -0.05) is 34.6 Å². The first-order valence-corrected chi connectivity index (χ1v) is 8.72. The van der Waals surface area contributed by atoms with Crippen LogP contribution >= 0.6 is 11.3 Å². The number of aliphatic hydroxyl groups is 1. The fourth-order valence-electron chi connectivity index (χ4n) is 1.82. The summed E-state index contributed by atoms with van der Waals surface area (Å²) in [5.74, 6) is -0.0694. The average molecular weight is 340 g/mol. The molecule has 2 amide bonds. The highest BCUT2D eigenvalue weighted by atomic mass is 32.1. The number of aliphatic hydroxyl groups excluding tert-OH is 1. The van der Waals surface area contributed by atoms with Crippen LogP contribution in [0.25, 0.3) is 0 Å². The van der Waals surface area contributed by atoms with Gasteiger partial charge >= 0.3 is 0 Å². The highest BCUT2D eigenvalue weighted by Gasteiger charge is 2.23. The fourth-order valence-corrected chi connectivity index (χ4v) is 2.80. The topological polar surface area (TPSA) is 78.4 Å². The highest BCUT2D eigenvalue weighted by molar-refractivity contribution is 7.18. The van der Waals surface area contributed by atoms with Crippen LogP contribution in [0.3, 0.4) is 0 Å². The van der Waals surface area contributed by atoms with E-state index in [2.05, 4.69) is 10.6 Å². The Bertz CT molecular complexity index is 559. The van der Waals surface area contributed by atoms with Gasteiger partial charge < -0.3 is 15.7 Å². The molecule has 1 atom stereocenters. The van der Waals surface area contributed by atoms with E-state index in [0.717, 1.165) is 5.56 Å². The number of hydrogen-bond donors (Lipinski definition) is 3. The molecule has 0 aliphatic heterocycles. The molecule has 23 heavy (non-hydrogen) atoms. The van der Waals surface area contributed by atoms with E-state index < -0.39 is 11.5 Å². The minimum Gasteiger partial charge on any atom is -0.393 e. The minimum absolute atomic E-state index is 0.0780. The van der Waals surface area contributed by atoms with Crippen molar-refractivity contribution in [3.63, 3.8) is 0 Å². The minimum atomic E-state index is -0.479. The molecule has 1 rings (SSSR count). The Hall–Kier alpha value is -1.40. The van der Waals surface area contributed by atoms with Crippen molar-refractivity contribution in [1.82, 2.24) is 5.32 Å². The molecule has 1 aromatic rings. The Morgan fingerprint density at radius 3 is 2.43 bits per heavy atom. The van der Waals surface area contributed by atoms with Crippen molar-refractivity contribution in [2.75, 3.05) is 11.9 Å². The molecule has 1 unspecified atom stereocenters. The molecule has 0 bridgehead atoms. The van der Waals surface area contributed by atoms with Gasteiger partial charge in [-0.3, -0.25) is 9.59 Å². The lowest BCUT2D eigenvalue weighted by Crippen LogP contribution is -2.28. The van der Waals surface area contributed by atoms with E-state index in [1.807, 2.05) is 47.6 Å². The van der Waals surface area contributed by atoms with Gasteiger partial charge in [-0.25, -0.2) is 0 Å². The van der Waals surface area contributed by atoms with Gasteiger partial charge in [0.25, 0.3) is 5.91 Å². The molecule has 5 nitrogen and oxygen atoms in total. The Morgan fingerprint density at radius 1 is 1.30 bits per heavy atom. The van der Waals surface area contributed by atoms with E-state index in [1.165, 1.54) is 11.3 Å². The van der Waals surface area contributed by atoms with Crippen LogP contribution in [0.2, 0.25) is 0 Å². The van der Waals surface area contributed by atoms with E-state index in [0.29, 0.717) is 22.8 Å².